The normalized spacial score (nSPS) is 11.0. The molecule has 0 aliphatic heterocycles. The highest BCUT2D eigenvalue weighted by Gasteiger charge is 2.12. The van der Waals surface area contributed by atoms with Gasteiger partial charge in [-0.05, 0) is 54.6 Å². The Morgan fingerprint density at radius 2 is 1.86 bits per heavy atom. The van der Waals surface area contributed by atoms with Crippen molar-refractivity contribution in [3.63, 3.8) is 0 Å². The quantitative estimate of drug-likeness (QED) is 0.423. The molecule has 0 radical (unpaired) electrons. The fourth-order valence-electron chi connectivity index (χ4n) is 2.40. The number of hydrogen-bond donors (Lipinski definition) is 1. The molecular formula is C21H14Cl2N2O3. The van der Waals surface area contributed by atoms with Crippen LogP contribution >= 0.6 is 23.2 Å². The third kappa shape index (κ3) is 4.55. The van der Waals surface area contributed by atoms with Crippen LogP contribution in [0.5, 0.6) is 5.75 Å². The Balaban J connectivity index is 1.78. The van der Waals surface area contributed by atoms with Crippen molar-refractivity contribution < 1.29 is 13.9 Å². The molecule has 0 aliphatic rings. The van der Waals surface area contributed by atoms with E-state index in [1.165, 1.54) is 6.08 Å². The third-order valence-corrected chi connectivity index (χ3v) is 4.57. The van der Waals surface area contributed by atoms with Crippen LogP contribution in [0.1, 0.15) is 5.76 Å². The summed E-state index contributed by atoms with van der Waals surface area (Å²) in [7, 11) is 1.56. The molecule has 7 heteroatoms. The van der Waals surface area contributed by atoms with Gasteiger partial charge in [-0.2, -0.15) is 5.26 Å². The monoisotopic (exact) mass is 412 g/mol. The Labute approximate surface area is 171 Å². The predicted molar refractivity (Wildman–Crippen MR) is 109 cm³/mol. The number of methoxy groups -OCH3 is 1. The number of furan rings is 1. The van der Waals surface area contributed by atoms with Crippen molar-refractivity contribution in [2.24, 2.45) is 0 Å². The molecule has 28 heavy (non-hydrogen) atoms. The van der Waals surface area contributed by atoms with Gasteiger partial charge in [0.15, 0.2) is 0 Å². The number of carbonyl (C=O) groups is 1. The molecule has 1 heterocycles. The van der Waals surface area contributed by atoms with E-state index < -0.39 is 5.91 Å². The minimum atomic E-state index is -0.542. The van der Waals surface area contributed by atoms with Gasteiger partial charge in [0, 0.05) is 17.3 Å². The number of rotatable bonds is 5. The largest absolute Gasteiger partial charge is 0.497 e. The van der Waals surface area contributed by atoms with Crippen molar-refractivity contribution in [2.45, 2.75) is 0 Å². The lowest BCUT2D eigenvalue weighted by atomic mass is 10.2. The molecule has 140 valence electrons. The maximum atomic E-state index is 12.4. The van der Waals surface area contributed by atoms with E-state index in [9.17, 15) is 10.1 Å². The van der Waals surface area contributed by atoms with E-state index in [4.69, 9.17) is 32.4 Å². The van der Waals surface area contributed by atoms with Gasteiger partial charge in [-0.3, -0.25) is 4.79 Å². The van der Waals surface area contributed by atoms with E-state index in [-0.39, 0.29) is 5.57 Å². The number of benzene rings is 2. The zero-order chi connectivity index (χ0) is 20.1. The smallest absolute Gasteiger partial charge is 0.266 e. The molecule has 0 spiro atoms. The van der Waals surface area contributed by atoms with Gasteiger partial charge >= 0.3 is 0 Å². The van der Waals surface area contributed by atoms with Crippen LogP contribution in [0.25, 0.3) is 17.4 Å². The number of ether oxygens (including phenoxy) is 1. The average molecular weight is 413 g/mol. The SMILES string of the molecule is COc1ccc(NC(=O)/C(C#N)=C/c2ccc(-c3ccc(Cl)c(Cl)c3)o2)cc1. The number of hydrogen-bond acceptors (Lipinski definition) is 4. The van der Waals surface area contributed by atoms with Crippen LogP contribution in [0.4, 0.5) is 5.69 Å². The lowest BCUT2D eigenvalue weighted by molar-refractivity contribution is -0.112. The van der Waals surface area contributed by atoms with Crippen LogP contribution in [-0.2, 0) is 4.79 Å². The maximum absolute atomic E-state index is 12.4. The topological polar surface area (TPSA) is 75.3 Å². The summed E-state index contributed by atoms with van der Waals surface area (Å²) in [6.07, 6.45) is 1.37. The highest BCUT2D eigenvalue weighted by atomic mass is 35.5. The van der Waals surface area contributed by atoms with Crippen LogP contribution in [0, 0.1) is 11.3 Å². The van der Waals surface area contributed by atoms with Crippen molar-refractivity contribution in [1.29, 1.82) is 5.26 Å². The number of carbonyl (C=O) groups excluding carboxylic acids is 1. The summed E-state index contributed by atoms with van der Waals surface area (Å²) in [4.78, 5) is 12.4. The Morgan fingerprint density at radius 3 is 2.50 bits per heavy atom. The van der Waals surface area contributed by atoms with Crippen molar-refractivity contribution in [3.8, 4) is 23.1 Å². The minimum absolute atomic E-state index is 0.0918. The lowest BCUT2D eigenvalue weighted by Crippen LogP contribution is -2.13. The molecule has 0 unspecified atom stereocenters. The number of nitriles is 1. The summed E-state index contributed by atoms with van der Waals surface area (Å²) in [5, 5.41) is 12.8. The summed E-state index contributed by atoms with van der Waals surface area (Å²) in [5.74, 6) is 1.03. The van der Waals surface area contributed by atoms with Crippen LogP contribution < -0.4 is 10.1 Å². The Morgan fingerprint density at radius 1 is 1.11 bits per heavy atom. The van der Waals surface area contributed by atoms with Crippen molar-refractivity contribution in [1.82, 2.24) is 0 Å². The first kappa shape index (κ1) is 19.6. The Kier molecular flexibility index (Phi) is 6.05. The van der Waals surface area contributed by atoms with Crippen molar-refractivity contribution >= 4 is 40.9 Å². The molecule has 0 saturated heterocycles. The molecule has 0 saturated carbocycles. The van der Waals surface area contributed by atoms with Gasteiger partial charge in [0.25, 0.3) is 5.91 Å². The van der Waals surface area contributed by atoms with Crippen molar-refractivity contribution in [2.75, 3.05) is 12.4 Å². The second-order valence-corrected chi connectivity index (χ2v) is 6.50. The van der Waals surface area contributed by atoms with Gasteiger partial charge in [-0.25, -0.2) is 0 Å². The molecule has 1 amide bonds. The number of halogens is 2. The third-order valence-electron chi connectivity index (χ3n) is 3.83. The van der Waals surface area contributed by atoms with Crippen molar-refractivity contribution in [3.05, 3.63) is 76.0 Å². The first-order valence-electron chi connectivity index (χ1n) is 8.12. The van der Waals surface area contributed by atoms with E-state index in [2.05, 4.69) is 5.32 Å². The molecule has 1 N–H and O–H groups in total. The van der Waals surface area contributed by atoms with Gasteiger partial charge in [0.05, 0.1) is 17.2 Å². The van der Waals surface area contributed by atoms with Gasteiger partial charge < -0.3 is 14.5 Å². The van der Waals surface area contributed by atoms with Crippen LogP contribution in [0.3, 0.4) is 0 Å². The summed E-state index contributed by atoms with van der Waals surface area (Å²) in [5.41, 5.74) is 1.18. The Hall–Kier alpha value is -3.20. The second kappa shape index (κ2) is 8.66. The van der Waals surface area contributed by atoms with E-state index in [1.807, 2.05) is 6.07 Å². The summed E-state index contributed by atoms with van der Waals surface area (Å²) >= 11 is 11.9. The molecule has 1 aromatic heterocycles. The molecule has 3 aromatic rings. The predicted octanol–water partition coefficient (Wildman–Crippen LogP) is 5.81. The Bertz CT molecular complexity index is 1080. The number of nitrogens with zero attached hydrogens (tertiary/aromatic N) is 1. The van der Waals surface area contributed by atoms with Gasteiger partial charge in [-0.15, -0.1) is 0 Å². The molecular weight excluding hydrogens is 399 g/mol. The number of nitrogens with one attached hydrogen (secondary N) is 1. The highest BCUT2D eigenvalue weighted by Crippen LogP contribution is 2.30. The highest BCUT2D eigenvalue weighted by molar-refractivity contribution is 6.42. The molecule has 0 aliphatic carbocycles. The minimum Gasteiger partial charge on any atom is -0.497 e. The average Bonchev–Trinajstić information content (AvgIpc) is 3.17. The number of anilines is 1. The number of amides is 1. The fraction of sp³-hybridized carbons (Fsp3) is 0.0476. The first-order chi connectivity index (χ1) is 13.5. The zero-order valence-electron chi connectivity index (χ0n) is 14.7. The summed E-state index contributed by atoms with van der Waals surface area (Å²) in [6, 6.07) is 17.2. The fourth-order valence-corrected chi connectivity index (χ4v) is 2.70. The van der Waals surface area contributed by atoms with Gasteiger partial charge in [-0.1, -0.05) is 23.2 Å². The van der Waals surface area contributed by atoms with E-state index >= 15 is 0 Å². The van der Waals surface area contributed by atoms with E-state index in [0.717, 1.165) is 5.56 Å². The molecule has 0 atom stereocenters. The van der Waals surface area contributed by atoms with Crippen LogP contribution in [0.15, 0.2) is 64.6 Å². The lowest BCUT2D eigenvalue weighted by Gasteiger charge is -2.05. The standard InChI is InChI=1S/C21H14Cl2N2O3/c1-27-16-5-3-15(4-6-16)25-21(26)14(12-24)10-17-7-9-20(28-17)13-2-8-18(22)19(23)11-13/h2-11H,1H3,(H,25,26)/b14-10+. The molecule has 2 aromatic carbocycles. The van der Waals surface area contributed by atoms with E-state index in [0.29, 0.717) is 33.0 Å². The van der Waals surface area contributed by atoms with E-state index in [1.54, 1.807) is 61.7 Å². The molecule has 3 rings (SSSR count). The van der Waals surface area contributed by atoms with Crippen LogP contribution in [-0.4, -0.2) is 13.0 Å². The summed E-state index contributed by atoms with van der Waals surface area (Å²) in [6.45, 7) is 0. The summed E-state index contributed by atoms with van der Waals surface area (Å²) < 4.78 is 10.8. The van der Waals surface area contributed by atoms with Crippen LogP contribution in [0.2, 0.25) is 10.0 Å². The maximum Gasteiger partial charge on any atom is 0.266 e. The van der Waals surface area contributed by atoms with Gasteiger partial charge in [0.1, 0.15) is 28.9 Å². The molecule has 0 fully saturated rings. The van der Waals surface area contributed by atoms with Gasteiger partial charge in [0.2, 0.25) is 0 Å². The zero-order valence-corrected chi connectivity index (χ0v) is 16.2. The molecule has 0 bridgehead atoms. The first-order valence-corrected chi connectivity index (χ1v) is 8.88. The second-order valence-electron chi connectivity index (χ2n) is 5.68. The molecule has 5 nitrogen and oxygen atoms in total.